The highest BCUT2D eigenvalue weighted by Crippen LogP contribution is 2.26. The lowest BCUT2D eigenvalue weighted by molar-refractivity contribution is -0.123. The van der Waals surface area contributed by atoms with Crippen LogP contribution in [-0.2, 0) is 11.2 Å². The summed E-state index contributed by atoms with van der Waals surface area (Å²) in [5, 5.41) is 2.90. The second-order valence-corrected chi connectivity index (χ2v) is 6.98. The molecule has 1 N–H and O–H groups in total. The molecule has 0 saturated heterocycles. The monoisotopic (exact) mass is 419 g/mol. The molecule has 2 aromatic rings. The molecule has 0 aliphatic heterocycles. The Bertz CT molecular complexity index is 706. The van der Waals surface area contributed by atoms with Crippen molar-refractivity contribution in [1.82, 2.24) is 5.32 Å². The van der Waals surface area contributed by atoms with Gasteiger partial charge in [-0.1, -0.05) is 28.1 Å². The molecule has 26 heavy (non-hydrogen) atoms. The van der Waals surface area contributed by atoms with E-state index in [9.17, 15) is 4.79 Å². The van der Waals surface area contributed by atoms with Crippen LogP contribution in [0.4, 0.5) is 0 Å². The van der Waals surface area contributed by atoms with E-state index in [1.165, 1.54) is 5.56 Å². The lowest BCUT2D eigenvalue weighted by Gasteiger charge is -2.10. The van der Waals surface area contributed by atoms with Crippen LogP contribution in [0.5, 0.6) is 11.5 Å². The van der Waals surface area contributed by atoms with Gasteiger partial charge in [-0.2, -0.15) is 0 Å². The lowest BCUT2D eigenvalue weighted by atomic mass is 10.1. The molecule has 0 atom stereocenters. The van der Waals surface area contributed by atoms with Gasteiger partial charge < -0.3 is 14.8 Å². The SMILES string of the molecule is CCOc1ccc(CCCNC(=O)COc2cc(C)c(Br)c(C)c2)cc1. The van der Waals surface area contributed by atoms with Crippen LogP contribution < -0.4 is 14.8 Å². The standard InChI is InChI=1S/C21H26BrNO3/c1-4-25-18-9-7-17(8-10-18)6-5-11-23-20(24)14-26-19-12-15(2)21(22)16(3)13-19/h7-10,12-13H,4-6,11,14H2,1-3H3,(H,23,24). The number of aryl methyl sites for hydroxylation is 3. The first-order valence-corrected chi connectivity index (χ1v) is 9.67. The highest BCUT2D eigenvalue weighted by molar-refractivity contribution is 9.10. The molecule has 2 aromatic carbocycles. The quantitative estimate of drug-likeness (QED) is 0.604. The maximum absolute atomic E-state index is 11.9. The summed E-state index contributed by atoms with van der Waals surface area (Å²) in [5.74, 6) is 1.50. The fraction of sp³-hybridized carbons (Fsp3) is 0.381. The third kappa shape index (κ3) is 6.37. The van der Waals surface area contributed by atoms with E-state index < -0.39 is 0 Å². The number of nitrogens with one attached hydrogen (secondary N) is 1. The molecule has 0 aliphatic rings. The zero-order valence-electron chi connectivity index (χ0n) is 15.6. The summed E-state index contributed by atoms with van der Waals surface area (Å²) in [6.45, 7) is 7.32. The molecule has 0 fully saturated rings. The van der Waals surface area contributed by atoms with E-state index >= 15 is 0 Å². The van der Waals surface area contributed by atoms with Gasteiger partial charge in [-0.15, -0.1) is 0 Å². The maximum atomic E-state index is 11.9. The fourth-order valence-electron chi connectivity index (χ4n) is 2.63. The molecule has 140 valence electrons. The average molecular weight is 420 g/mol. The van der Waals surface area contributed by atoms with E-state index in [2.05, 4.69) is 33.4 Å². The van der Waals surface area contributed by atoms with Gasteiger partial charge in [0.2, 0.25) is 0 Å². The van der Waals surface area contributed by atoms with E-state index in [4.69, 9.17) is 9.47 Å². The number of hydrogen-bond acceptors (Lipinski definition) is 3. The lowest BCUT2D eigenvalue weighted by Crippen LogP contribution is -2.29. The number of carbonyl (C=O) groups excluding carboxylic acids is 1. The highest BCUT2D eigenvalue weighted by Gasteiger charge is 2.06. The smallest absolute Gasteiger partial charge is 0.257 e. The van der Waals surface area contributed by atoms with Crippen molar-refractivity contribution in [2.75, 3.05) is 19.8 Å². The van der Waals surface area contributed by atoms with Crippen LogP contribution in [0.15, 0.2) is 40.9 Å². The second-order valence-electron chi connectivity index (χ2n) is 6.19. The minimum absolute atomic E-state index is 0.0313. The van der Waals surface area contributed by atoms with Crippen molar-refractivity contribution in [2.45, 2.75) is 33.6 Å². The average Bonchev–Trinajstić information content (AvgIpc) is 2.63. The largest absolute Gasteiger partial charge is 0.494 e. The topological polar surface area (TPSA) is 47.6 Å². The van der Waals surface area contributed by atoms with Gasteiger partial charge in [0.25, 0.3) is 5.91 Å². The minimum atomic E-state index is -0.102. The summed E-state index contributed by atoms with van der Waals surface area (Å²) in [6.07, 6.45) is 1.80. The van der Waals surface area contributed by atoms with Gasteiger partial charge in [0.1, 0.15) is 11.5 Å². The molecule has 0 aromatic heterocycles. The normalized spacial score (nSPS) is 10.5. The van der Waals surface area contributed by atoms with Crippen molar-refractivity contribution in [3.63, 3.8) is 0 Å². The van der Waals surface area contributed by atoms with Crippen LogP contribution in [0, 0.1) is 13.8 Å². The fourth-order valence-corrected chi connectivity index (χ4v) is 2.86. The number of rotatable bonds is 9. The summed E-state index contributed by atoms with van der Waals surface area (Å²) >= 11 is 3.52. The van der Waals surface area contributed by atoms with Gasteiger partial charge in [-0.05, 0) is 74.6 Å². The first kappa shape index (κ1) is 20.3. The summed E-state index contributed by atoms with van der Waals surface area (Å²) in [7, 11) is 0. The van der Waals surface area contributed by atoms with E-state index in [0.717, 1.165) is 34.2 Å². The molecule has 4 nitrogen and oxygen atoms in total. The van der Waals surface area contributed by atoms with Crippen LogP contribution >= 0.6 is 15.9 Å². The number of ether oxygens (including phenoxy) is 2. The third-order valence-electron chi connectivity index (χ3n) is 3.98. The molecule has 0 heterocycles. The predicted molar refractivity (Wildman–Crippen MR) is 108 cm³/mol. The zero-order chi connectivity index (χ0) is 18.9. The van der Waals surface area contributed by atoms with Gasteiger partial charge in [-0.25, -0.2) is 0 Å². The first-order valence-electron chi connectivity index (χ1n) is 8.87. The Morgan fingerprint density at radius 3 is 2.31 bits per heavy atom. The van der Waals surface area contributed by atoms with Gasteiger partial charge in [0, 0.05) is 11.0 Å². The number of carbonyl (C=O) groups is 1. The van der Waals surface area contributed by atoms with Crippen molar-refractivity contribution >= 4 is 21.8 Å². The van der Waals surface area contributed by atoms with Crippen LogP contribution in [0.3, 0.4) is 0 Å². The van der Waals surface area contributed by atoms with Gasteiger partial charge in [0.15, 0.2) is 6.61 Å². The van der Waals surface area contributed by atoms with Crippen molar-refractivity contribution in [3.05, 3.63) is 57.6 Å². The third-order valence-corrected chi connectivity index (χ3v) is 5.23. The Kier molecular flexibility index (Phi) is 7.98. The number of benzene rings is 2. The van der Waals surface area contributed by atoms with E-state index in [1.807, 2.05) is 45.0 Å². The molecule has 0 radical (unpaired) electrons. The highest BCUT2D eigenvalue weighted by atomic mass is 79.9. The Labute approximate surface area is 164 Å². The van der Waals surface area contributed by atoms with E-state index in [1.54, 1.807) is 0 Å². The molecular weight excluding hydrogens is 394 g/mol. The van der Waals surface area contributed by atoms with E-state index in [0.29, 0.717) is 18.9 Å². The molecule has 2 rings (SSSR count). The Balaban J connectivity index is 1.67. The van der Waals surface area contributed by atoms with Crippen molar-refractivity contribution in [1.29, 1.82) is 0 Å². The van der Waals surface area contributed by atoms with Gasteiger partial charge in [0.05, 0.1) is 6.61 Å². The van der Waals surface area contributed by atoms with Crippen LogP contribution in [-0.4, -0.2) is 25.7 Å². The molecule has 0 unspecified atom stereocenters. The number of hydrogen-bond donors (Lipinski definition) is 1. The summed E-state index contributed by atoms with van der Waals surface area (Å²) in [6, 6.07) is 11.9. The van der Waals surface area contributed by atoms with Gasteiger partial charge in [-0.3, -0.25) is 4.79 Å². The van der Waals surface area contributed by atoms with Gasteiger partial charge >= 0.3 is 0 Å². The molecule has 0 aliphatic carbocycles. The summed E-state index contributed by atoms with van der Waals surface area (Å²) < 4.78 is 12.1. The van der Waals surface area contributed by atoms with Crippen LogP contribution in [0.1, 0.15) is 30.0 Å². The Morgan fingerprint density at radius 1 is 1.04 bits per heavy atom. The Morgan fingerprint density at radius 2 is 1.69 bits per heavy atom. The zero-order valence-corrected chi connectivity index (χ0v) is 17.2. The predicted octanol–water partition coefficient (Wildman–Crippen LogP) is 4.59. The van der Waals surface area contributed by atoms with Crippen molar-refractivity contribution in [2.24, 2.45) is 0 Å². The van der Waals surface area contributed by atoms with Crippen LogP contribution in [0.25, 0.3) is 0 Å². The minimum Gasteiger partial charge on any atom is -0.494 e. The summed E-state index contributed by atoms with van der Waals surface area (Å²) in [5.41, 5.74) is 3.42. The molecule has 1 amide bonds. The number of amides is 1. The molecule has 0 bridgehead atoms. The van der Waals surface area contributed by atoms with Crippen molar-refractivity contribution < 1.29 is 14.3 Å². The van der Waals surface area contributed by atoms with Crippen LogP contribution in [0.2, 0.25) is 0 Å². The first-order chi connectivity index (χ1) is 12.5. The molecule has 5 heteroatoms. The number of halogens is 1. The maximum Gasteiger partial charge on any atom is 0.257 e. The summed E-state index contributed by atoms with van der Waals surface area (Å²) in [4.78, 5) is 11.9. The molecular formula is C21H26BrNO3. The molecule has 0 saturated carbocycles. The van der Waals surface area contributed by atoms with E-state index in [-0.39, 0.29) is 12.5 Å². The van der Waals surface area contributed by atoms with Crippen molar-refractivity contribution in [3.8, 4) is 11.5 Å². The Hall–Kier alpha value is -2.01. The molecule has 0 spiro atoms. The second kappa shape index (κ2) is 10.2.